The standard InChI is InChI=1S/C8H6ClF2N3O/c9-3-5-1-2-6(15-8(10)11)14-4-12-13-7(5)14/h1-2,4,8H,3H2. The molecule has 0 unspecified atom stereocenters. The number of pyridine rings is 1. The van der Waals surface area contributed by atoms with Gasteiger partial charge in [0.2, 0.25) is 5.88 Å². The van der Waals surface area contributed by atoms with Crippen LogP contribution in [0, 0.1) is 0 Å². The Morgan fingerprint density at radius 2 is 2.27 bits per heavy atom. The van der Waals surface area contributed by atoms with Gasteiger partial charge in [-0.15, -0.1) is 21.8 Å². The molecule has 0 saturated heterocycles. The van der Waals surface area contributed by atoms with Crippen LogP contribution in [0.5, 0.6) is 5.88 Å². The van der Waals surface area contributed by atoms with Gasteiger partial charge in [0.1, 0.15) is 6.33 Å². The Labute approximate surface area is 88.4 Å². The van der Waals surface area contributed by atoms with Crippen molar-refractivity contribution in [1.82, 2.24) is 14.6 Å². The van der Waals surface area contributed by atoms with Crippen molar-refractivity contribution in [3.8, 4) is 5.88 Å². The lowest BCUT2D eigenvalue weighted by atomic mass is 10.3. The van der Waals surface area contributed by atoms with Gasteiger partial charge in [-0.3, -0.25) is 4.40 Å². The van der Waals surface area contributed by atoms with Crippen LogP contribution in [0.15, 0.2) is 18.5 Å². The first kappa shape index (κ1) is 10.1. The van der Waals surface area contributed by atoms with E-state index in [1.54, 1.807) is 6.07 Å². The molecule has 2 heterocycles. The van der Waals surface area contributed by atoms with Crippen LogP contribution < -0.4 is 4.74 Å². The summed E-state index contributed by atoms with van der Waals surface area (Å²) < 4.78 is 29.7. The predicted molar refractivity (Wildman–Crippen MR) is 49.2 cm³/mol. The third-order valence-corrected chi connectivity index (χ3v) is 2.14. The number of aromatic nitrogens is 3. The van der Waals surface area contributed by atoms with Gasteiger partial charge in [0.25, 0.3) is 0 Å². The minimum Gasteiger partial charge on any atom is -0.418 e. The average molecular weight is 234 g/mol. The van der Waals surface area contributed by atoms with Gasteiger partial charge in [-0.1, -0.05) is 0 Å². The molecule has 15 heavy (non-hydrogen) atoms. The molecule has 80 valence electrons. The van der Waals surface area contributed by atoms with Crippen LogP contribution in [-0.4, -0.2) is 21.2 Å². The zero-order valence-electron chi connectivity index (χ0n) is 7.40. The minimum absolute atomic E-state index is 0.0149. The van der Waals surface area contributed by atoms with Crippen molar-refractivity contribution in [2.75, 3.05) is 0 Å². The summed E-state index contributed by atoms with van der Waals surface area (Å²) in [6.07, 6.45) is 1.29. The maximum atomic E-state index is 12.0. The van der Waals surface area contributed by atoms with E-state index in [9.17, 15) is 8.78 Å². The molecule has 0 aliphatic heterocycles. The van der Waals surface area contributed by atoms with Crippen LogP contribution >= 0.6 is 11.6 Å². The first-order valence-corrected chi connectivity index (χ1v) is 4.58. The van der Waals surface area contributed by atoms with Crippen LogP contribution in [0.1, 0.15) is 5.56 Å². The molecule has 2 aromatic heterocycles. The van der Waals surface area contributed by atoms with Crippen molar-refractivity contribution in [2.24, 2.45) is 0 Å². The molecule has 4 nitrogen and oxygen atoms in total. The third kappa shape index (κ3) is 1.85. The van der Waals surface area contributed by atoms with Gasteiger partial charge in [-0.25, -0.2) is 0 Å². The van der Waals surface area contributed by atoms with Gasteiger partial charge in [-0.05, 0) is 12.1 Å². The van der Waals surface area contributed by atoms with Crippen molar-refractivity contribution in [1.29, 1.82) is 0 Å². The fourth-order valence-corrected chi connectivity index (χ4v) is 1.44. The van der Waals surface area contributed by atoms with Gasteiger partial charge >= 0.3 is 6.61 Å². The molecule has 0 radical (unpaired) electrons. The molecule has 0 aliphatic rings. The lowest BCUT2D eigenvalue weighted by Crippen LogP contribution is -2.06. The summed E-state index contributed by atoms with van der Waals surface area (Å²) in [5.74, 6) is 0.218. The maximum absolute atomic E-state index is 12.0. The Bertz CT molecular complexity index is 474. The molecule has 2 aromatic rings. The van der Waals surface area contributed by atoms with Crippen molar-refractivity contribution in [3.05, 3.63) is 24.0 Å². The molecule has 0 spiro atoms. The first-order chi connectivity index (χ1) is 7.22. The quantitative estimate of drug-likeness (QED) is 0.762. The van der Waals surface area contributed by atoms with Gasteiger partial charge in [0.15, 0.2) is 5.65 Å². The molecule has 0 fully saturated rings. The Morgan fingerprint density at radius 1 is 1.47 bits per heavy atom. The molecule has 0 aliphatic carbocycles. The van der Waals surface area contributed by atoms with E-state index < -0.39 is 6.61 Å². The number of halogens is 3. The maximum Gasteiger partial charge on any atom is 0.388 e. The normalized spacial score (nSPS) is 11.2. The van der Waals surface area contributed by atoms with Crippen molar-refractivity contribution >= 4 is 17.2 Å². The Morgan fingerprint density at radius 3 is 2.93 bits per heavy atom. The molecule has 0 aromatic carbocycles. The van der Waals surface area contributed by atoms with Gasteiger partial charge in [-0.2, -0.15) is 8.78 Å². The Balaban J connectivity index is 2.53. The van der Waals surface area contributed by atoms with Gasteiger partial charge in [0, 0.05) is 5.56 Å². The lowest BCUT2D eigenvalue weighted by Gasteiger charge is -2.07. The monoisotopic (exact) mass is 233 g/mol. The number of rotatable bonds is 3. The highest BCUT2D eigenvalue weighted by Gasteiger charge is 2.11. The molecule has 2 rings (SSSR count). The average Bonchev–Trinajstić information content (AvgIpc) is 2.66. The fourth-order valence-electron chi connectivity index (χ4n) is 1.23. The van der Waals surface area contributed by atoms with E-state index in [-0.39, 0.29) is 11.8 Å². The Kier molecular flexibility index (Phi) is 2.68. The second-order valence-corrected chi connectivity index (χ2v) is 3.00. The largest absolute Gasteiger partial charge is 0.418 e. The molecule has 0 bridgehead atoms. The number of fused-ring (bicyclic) bond motifs is 1. The van der Waals surface area contributed by atoms with E-state index in [0.717, 1.165) is 0 Å². The van der Waals surface area contributed by atoms with Gasteiger partial charge in [0.05, 0.1) is 5.88 Å². The zero-order valence-corrected chi connectivity index (χ0v) is 8.16. The SMILES string of the molecule is FC(F)Oc1ccc(CCl)c2nncn12. The summed E-state index contributed by atoms with van der Waals surface area (Å²) in [5, 5.41) is 7.37. The van der Waals surface area contributed by atoms with E-state index in [1.165, 1.54) is 16.8 Å². The lowest BCUT2D eigenvalue weighted by molar-refractivity contribution is -0.0536. The molecule has 0 atom stereocenters. The number of ether oxygens (including phenoxy) is 1. The molecular weight excluding hydrogens is 228 g/mol. The van der Waals surface area contributed by atoms with E-state index in [2.05, 4.69) is 14.9 Å². The minimum atomic E-state index is -2.88. The summed E-state index contributed by atoms with van der Waals surface area (Å²) >= 11 is 5.65. The smallest absolute Gasteiger partial charge is 0.388 e. The zero-order chi connectivity index (χ0) is 10.8. The molecular formula is C8H6ClF2N3O. The second-order valence-electron chi connectivity index (χ2n) is 2.73. The highest BCUT2D eigenvalue weighted by Crippen LogP contribution is 2.20. The number of alkyl halides is 3. The van der Waals surface area contributed by atoms with Gasteiger partial charge < -0.3 is 4.74 Å². The van der Waals surface area contributed by atoms with Crippen LogP contribution in [0.3, 0.4) is 0 Å². The molecule has 0 saturated carbocycles. The van der Waals surface area contributed by atoms with Crippen LogP contribution in [0.2, 0.25) is 0 Å². The number of hydrogen-bond acceptors (Lipinski definition) is 3. The summed E-state index contributed by atoms with van der Waals surface area (Å²) in [4.78, 5) is 0. The van der Waals surface area contributed by atoms with Crippen molar-refractivity contribution in [3.63, 3.8) is 0 Å². The fraction of sp³-hybridized carbons (Fsp3) is 0.250. The summed E-state index contributed by atoms with van der Waals surface area (Å²) in [6, 6.07) is 2.98. The summed E-state index contributed by atoms with van der Waals surface area (Å²) in [5.41, 5.74) is 1.12. The second kappa shape index (κ2) is 3.98. The number of nitrogens with zero attached hydrogens (tertiary/aromatic N) is 3. The summed E-state index contributed by atoms with van der Waals surface area (Å²) in [6.45, 7) is -2.88. The molecule has 0 amide bonds. The van der Waals surface area contributed by atoms with E-state index >= 15 is 0 Å². The number of hydrogen-bond donors (Lipinski definition) is 0. The van der Waals surface area contributed by atoms with Crippen molar-refractivity contribution < 1.29 is 13.5 Å². The highest BCUT2D eigenvalue weighted by molar-refractivity contribution is 6.17. The molecule has 0 N–H and O–H groups in total. The Hall–Kier alpha value is -1.43. The van der Waals surface area contributed by atoms with Crippen LogP contribution in [0.4, 0.5) is 8.78 Å². The van der Waals surface area contributed by atoms with E-state index in [0.29, 0.717) is 11.2 Å². The van der Waals surface area contributed by atoms with E-state index in [1.807, 2.05) is 0 Å². The van der Waals surface area contributed by atoms with Crippen LogP contribution in [-0.2, 0) is 5.88 Å². The van der Waals surface area contributed by atoms with Crippen molar-refractivity contribution in [2.45, 2.75) is 12.5 Å². The first-order valence-electron chi connectivity index (χ1n) is 4.04. The topological polar surface area (TPSA) is 39.4 Å². The third-order valence-electron chi connectivity index (χ3n) is 1.85. The summed E-state index contributed by atoms with van der Waals surface area (Å²) in [7, 11) is 0. The van der Waals surface area contributed by atoms with Crippen LogP contribution in [0.25, 0.3) is 5.65 Å². The molecule has 7 heteroatoms. The highest BCUT2D eigenvalue weighted by atomic mass is 35.5. The van der Waals surface area contributed by atoms with E-state index in [4.69, 9.17) is 11.6 Å². The predicted octanol–water partition coefficient (Wildman–Crippen LogP) is 2.07.